The third-order valence-corrected chi connectivity index (χ3v) is 4.83. The fourth-order valence-electron chi connectivity index (χ4n) is 2.98. The maximum Gasteiger partial charge on any atom is 0.269 e. The third-order valence-electron chi connectivity index (χ3n) is 4.59. The zero-order chi connectivity index (χ0) is 20.1. The molecule has 1 saturated heterocycles. The third kappa shape index (κ3) is 5.09. The van der Waals surface area contributed by atoms with Crippen LogP contribution in [0.1, 0.15) is 5.56 Å². The first kappa shape index (κ1) is 19.9. The monoisotopic (exact) mass is 400 g/mol. The van der Waals surface area contributed by atoms with Gasteiger partial charge in [0.15, 0.2) is 0 Å². The molecule has 0 saturated carbocycles. The molecule has 1 fully saturated rings. The summed E-state index contributed by atoms with van der Waals surface area (Å²) in [5, 5.41) is 14.1. The van der Waals surface area contributed by atoms with Crippen LogP contribution in [-0.4, -0.2) is 49.0 Å². The Hall–Kier alpha value is -2.90. The molecule has 3 rings (SSSR count). The van der Waals surface area contributed by atoms with Gasteiger partial charge >= 0.3 is 0 Å². The number of nitrogens with one attached hydrogen (secondary N) is 1. The van der Waals surface area contributed by atoms with E-state index in [0.29, 0.717) is 16.3 Å². The predicted molar refractivity (Wildman–Crippen MR) is 112 cm³/mol. The minimum absolute atomic E-state index is 0.0114. The van der Waals surface area contributed by atoms with Crippen LogP contribution in [0.25, 0.3) is 6.08 Å². The molecule has 0 bridgehead atoms. The number of nitrogens with zero attached hydrogens (tertiary/aromatic N) is 3. The highest BCUT2D eigenvalue weighted by Crippen LogP contribution is 2.30. The maximum absolute atomic E-state index is 12.4. The lowest BCUT2D eigenvalue weighted by molar-refractivity contribution is -0.384. The Morgan fingerprint density at radius 3 is 2.46 bits per heavy atom. The molecule has 0 unspecified atom stereocenters. The molecule has 0 radical (unpaired) electrons. The molecule has 1 N–H and O–H groups in total. The summed E-state index contributed by atoms with van der Waals surface area (Å²) in [5.74, 6) is -0.295. The highest BCUT2D eigenvalue weighted by Gasteiger charge is 2.18. The number of carbonyl (C=O) groups excluding carboxylic acids is 1. The van der Waals surface area contributed by atoms with Gasteiger partial charge in [0, 0.05) is 49.4 Å². The molecule has 0 aromatic heterocycles. The average Bonchev–Trinajstić information content (AvgIpc) is 2.68. The number of halogens is 1. The summed E-state index contributed by atoms with van der Waals surface area (Å²) >= 11 is 6.12. The summed E-state index contributed by atoms with van der Waals surface area (Å²) < 4.78 is 0. The van der Waals surface area contributed by atoms with Crippen molar-refractivity contribution in [2.24, 2.45) is 0 Å². The summed E-state index contributed by atoms with van der Waals surface area (Å²) in [4.78, 5) is 27.1. The van der Waals surface area contributed by atoms with Gasteiger partial charge in [-0.15, -0.1) is 0 Å². The average molecular weight is 401 g/mol. The van der Waals surface area contributed by atoms with E-state index in [1.807, 2.05) is 12.1 Å². The molecule has 1 amide bonds. The Labute approximate surface area is 168 Å². The van der Waals surface area contributed by atoms with E-state index in [4.69, 9.17) is 11.6 Å². The molecule has 2 aromatic rings. The van der Waals surface area contributed by atoms with Crippen LogP contribution in [0.2, 0.25) is 5.02 Å². The van der Waals surface area contributed by atoms with Crippen molar-refractivity contribution in [1.82, 2.24) is 4.90 Å². The zero-order valence-electron chi connectivity index (χ0n) is 15.5. The minimum atomic E-state index is -0.459. The van der Waals surface area contributed by atoms with Gasteiger partial charge in [-0.2, -0.15) is 0 Å². The first-order valence-corrected chi connectivity index (χ1v) is 9.27. The molecular weight excluding hydrogens is 380 g/mol. The number of hydrogen-bond donors (Lipinski definition) is 1. The van der Waals surface area contributed by atoms with Gasteiger partial charge in [0.2, 0.25) is 5.91 Å². The van der Waals surface area contributed by atoms with Crippen molar-refractivity contribution in [3.8, 4) is 0 Å². The Bertz CT molecular complexity index is 891. The maximum atomic E-state index is 12.4. The van der Waals surface area contributed by atoms with Crippen LogP contribution in [-0.2, 0) is 4.79 Å². The lowest BCUT2D eigenvalue weighted by atomic mass is 10.2. The number of rotatable bonds is 5. The fraction of sp³-hybridized carbons (Fsp3) is 0.250. The van der Waals surface area contributed by atoms with Gasteiger partial charge in [-0.1, -0.05) is 11.6 Å². The van der Waals surface area contributed by atoms with Crippen LogP contribution >= 0.6 is 11.6 Å². The second-order valence-corrected chi connectivity index (χ2v) is 7.06. The molecule has 1 heterocycles. The van der Waals surface area contributed by atoms with Gasteiger partial charge in [0.25, 0.3) is 5.69 Å². The van der Waals surface area contributed by atoms with E-state index in [0.717, 1.165) is 31.9 Å². The van der Waals surface area contributed by atoms with Crippen molar-refractivity contribution in [1.29, 1.82) is 0 Å². The number of anilines is 2. The topological polar surface area (TPSA) is 78.7 Å². The molecular formula is C20H21ClN4O3. The van der Waals surface area contributed by atoms with Crippen molar-refractivity contribution in [3.05, 3.63) is 69.2 Å². The van der Waals surface area contributed by atoms with E-state index in [9.17, 15) is 14.9 Å². The molecule has 0 atom stereocenters. The Morgan fingerprint density at radius 2 is 1.82 bits per heavy atom. The van der Waals surface area contributed by atoms with Gasteiger partial charge in [-0.3, -0.25) is 14.9 Å². The highest BCUT2D eigenvalue weighted by molar-refractivity contribution is 6.31. The lowest BCUT2D eigenvalue weighted by Gasteiger charge is -2.35. The SMILES string of the molecule is CN1CCN(c2ccc(Cl)cc2NC(=O)C=Cc2ccc([N+](=O)[O-])cc2)CC1. The Balaban J connectivity index is 1.71. The smallest absolute Gasteiger partial charge is 0.269 e. The van der Waals surface area contributed by atoms with Crippen molar-refractivity contribution in [2.45, 2.75) is 0 Å². The van der Waals surface area contributed by atoms with Crippen molar-refractivity contribution in [3.63, 3.8) is 0 Å². The van der Waals surface area contributed by atoms with Crippen LogP contribution in [0.5, 0.6) is 0 Å². The van der Waals surface area contributed by atoms with Gasteiger partial charge in [0.05, 0.1) is 16.3 Å². The van der Waals surface area contributed by atoms with Crippen molar-refractivity contribution >= 4 is 40.6 Å². The molecule has 0 aliphatic carbocycles. The largest absolute Gasteiger partial charge is 0.367 e. The van der Waals surface area contributed by atoms with E-state index in [1.165, 1.54) is 18.2 Å². The molecule has 7 nitrogen and oxygen atoms in total. The number of non-ortho nitro benzene ring substituents is 1. The van der Waals surface area contributed by atoms with Gasteiger partial charge < -0.3 is 15.1 Å². The summed E-state index contributed by atoms with van der Waals surface area (Å²) in [7, 11) is 2.09. The second-order valence-electron chi connectivity index (χ2n) is 6.62. The quantitative estimate of drug-likeness (QED) is 0.471. The van der Waals surface area contributed by atoms with Crippen molar-refractivity contribution in [2.75, 3.05) is 43.4 Å². The number of hydrogen-bond acceptors (Lipinski definition) is 5. The van der Waals surface area contributed by atoms with E-state index < -0.39 is 4.92 Å². The number of nitro benzene ring substituents is 1. The van der Waals surface area contributed by atoms with Gasteiger partial charge in [0.1, 0.15) is 0 Å². The van der Waals surface area contributed by atoms with Crippen LogP contribution in [0.4, 0.5) is 17.1 Å². The minimum Gasteiger partial charge on any atom is -0.367 e. The Kier molecular flexibility index (Phi) is 6.28. The van der Waals surface area contributed by atoms with Crippen LogP contribution in [0.15, 0.2) is 48.5 Å². The van der Waals surface area contributed by atoms with Crippen LogP contribution < -0.4 is 10.2 Å². The molecule has 1 aliphatic heterocycles. The normalized spacial score (nSPS) is 15.0. The number of likely N-dealkylation sites (N-methyl/N-ethyl adjacent to an activating group) is 1. The van der Waals surface area contributed by atoms with E-state index >= 15 is 0 Å². The van der Waals surface area contributed by atoms with Crippen LogP contribution in [0, 0.1) is 10.1 Å². The molecule has 2 aromatic carbocycles. The van der Waals surface area contributed by atoms with E-state index in [-0.39, 0.29) is 11.6 Å². The first-order chi connectivity index (χ1) is 13.4. The molecule has 0 spiro atoms. The molecule has 28 heavy (non-hydrogen) atoms. The molecule has 1 aliphatic rings. The fourth-order valence-corrected chi connectivity index (χ4v) is 3.16. The summed E-state index contributed by atoms with van der Waals surface area (Å²) in [5.41, 5.74) is 2.31. The first-order valence-electron chi connectivity index (χ1n) is 8.89. The zero-order valence-corrected chi connectivity index (χ0v) is 16.2. The summed E-state index contributed by atoms with van der Waals surface area (Å²) in [6.45, 7) is 3.66. The molecule has 8 heteroatoms. The Morgan fingerprint density at radius 1 is 1.14 bits per heavy atom. The second kappa shape index (κ2) is 8.86. The molecule has 146 valence electrons. The van der Waals surface area contributed by atoms with E-state index in [2.05, 4.69) is 22.2 Å². The van der Waals surface area contributed by atoms with E-state index in [1.54, 1.807) is 24.3 Å². The predicted octanol–water partition coefficient (Wildman–Crippen LogP) is 3.65. The number of piperazine rings is 1. The van der Waals surface area contributed by atoms with Gasteiger partial charge in [-0.25, -0.2) is 0 Å². The van der Waals surface area contributed by atoms with Crippen LogP contribution in [0.3, 0.4) is 0 Å². The van der Waals surface area contributed by atoms with Gasteiger partial charge in [-0.05, 0) is 49.0 Å². The number of carbonyl (C=O) groups is 1. The summed E-state index contributed by atoms with van der Waals surface area (Å²) in [6.07, 6.45) is 3.01. The number of amides is 1. The number of benzene rings is 2. The van der Waals surface area contributed by atoms with Crippen molar-refractivity contribution < 1.29 is 9.72 Å². The highest BCUT2D eigenvalue weighted by atomic mass is 35.5. The lowest BCUT2D eigenvalue weighted by Crippen LogP contribution is -2.44. The number of nitro groups is 1. The standard InChI is InChI=1S/C20H21ClN4O3/c1-23-10-12-24(13-11-23)19-8-5-16(21)14-18(19)22-20(26)9-4-15-2-6-17(7-3-15)25(27)28/h2-9,14H,10-13H2,1H3,(H,22,26). The summed E-state index contributed by atoms with van der Waals surface area (Å²) in [6, 6.07) is 11.5.